The molecule has 0 unspecified atom stereocenters. The van der Waals surface area contributed by atoms with Gasteiger partial charge in [-0.3, -0.25) is 9.10 Å². The maximum absolute atomic E-state index is 12.2. The number of nitrogens with zero attached hydrogens (tertiary/aromatic N) is 2. The molecule has 0 radical (unpaired) electrons. The summed E-state index contributed by atoms with van der Waals surface area (Å²) in [5.74, 6) is 0.140. The second kappa shape index (κ2) is 11.2. The van der Waals surface area contributed by atoms with Gasteiger partial charge in [-0.25, -0.2) is 13.8 Å². The van der Waals surface area contributed by atoms with Crippen LogP contribution in [0.25, 0.3) is 0 Å². The Kier molecular flexibility index (Phi) is 8.95. The van der Waals surface area contributed by atoms with Crippen LogP contribution in [0.5, 0.6) is 5.75 Å². The van der Waals surface area contributed by atoms with E-state index in [4.69, 9.17) is 27.9 Å². The van der Waals surface area contributed by atoms with Crippen molar-refractivity contribution in [1.82, 2.24) is 5.43 Å². The van der Waals surface area contributed by atoms with Crippen molar-refractivity contribution in [3.8, 4) is 5.75 Å². The molecular formula is C20H23Cl2N3O4S. The minimum Gasteiger partial charge on any atom is -0.494 e. The van der Waals surface area contributed by atoms with Crippen molar-refractivity contribution in [1.29, 1.82) is 0 Å². The van der Waals surface area contributed by atoms with Gasteiger partial charge in [-0.2, -0.15) is 5.10 Å². The monoisotopic (exact) mass is 471 g/mol. The van der Waals surface area contributed by atoms with Gasteiger partial charge >= 0.3 is 0 Å². The number of rotatable bonds is 10. The second-order valence-electron chi connectivity index (χ2n) is 6.46. The average Bonchev–Trinajstić information content (AvgIpc) is 2.66. The number of amides is 1. The van der Waals surface area contributed by atoms with Gasteiger partial charge in [-0.1, -0.05) is 36.5 Å². The van der Waals surface area contributed by atoms with E-state index >= 15 is 0 Å². The first-order valence-corrected chi connectivity index (χ1v) is 11.8. The lowest BCUT2D eigenvalue weighted by Crippen LogP contribution is -2.39. The third-order valence-electron chi connectivity index (χ3n) is 3.87. The first kappa shape index (κ1) is 24.0. The average molecular weight is 472 g/mol. The molecule has 1 amide bonds. The number of unbranched alkanes of at least 4 members (excludes halogenated alkanes) is 1. The zero-order chi connectivity index (χ0) is 22.1. The van der Waals surface area contributed by atoms with E-state index in [-0.39, 0.29) is 15.7 Å². The summed E-state index contributed by atoms with van der Waals surface area (Å²) in [7, 11) is -3.75. The molecule has 162 valence electrons. The Morgan fingerprint density at radius 2 is 1.80 bits per heavy atom. The van der Waals surface area contributed by atoms with Crippen LogP contribution in [-0.2, 0) is 14.8 Å². The third-order valence-corrected chi connectivity index (χ3v) is 5.45. The minimum atomic E-state index is -3.75. The summed E-state index contributed by atoms with van der Waals surface area (Å²) in [6.45, 7) is 2.28. The predicted molar refractivity (Wildman–Crippen MR) is 121 cm³/mol. The Labute approximate surface area is 186 Å². The molecule has 0 heterocycles. The molecule has 0 bridgehead atoms. The highest BCUT2D eigenvalue weighted by atomic mass is 35.5. The second-order valence-corrected chi connectivity index (χ2v) is 9.24. The number of ether oxygens (including phenoxy) is 1. The van der Waals surface area contributed by atoms with E-state index < -0.39 is 22.5 Å². The number of nitrogens with one attached hydrogen (secondary N) is 1. The van der Waals surface area contributed by atoms with Crippen molar-refractivity contribution in [2.24, 2.45) is 5.10 Å². The first-order valence-electron chi connectivity index (χ1n) is 9.17. The van der Waals surface area contributed by atoms with Crippen LogP contribution in [0.1, 0.15) is 25.3 Å². The molecule has 0 aliphatic carbocycles. The van der Waals surface area contributed by atoms with Crippen LogP contribution in [0.4, 0.5) is 5.69 Å². The predicted octanol–water partition coefficient (Wildman–Crippen LogP) is 4.09. The number of halogens is 2. The summed E-state index contributed by atoms with van der Waals surface area (Å²) in [5, 5.41) is 4.38. The molecule has 30 heavy (non-hydrogen) atoms. The smallest absolute Gasteiger partial charge is 0.260 e. The highest BCUT2D eigenvalue weighted by Crippen LogP contribution is 2.26. The van der Waals surface area contributed by atoms with Gasteiger partial charge in [-0.05, 0) is 54.4 Å². The largest absolute Gasteiger partial charge is 0.494 e. The van der Waals surface area contributed by atoms with Gasteiger partial charge < -0.3 is 4.74 Å². The molecule has 0 aliphatic heterocycles. The lowest BCUT2D eigenvalue weighted by atomic mass is 10.2. The first-order chi connectivity index (χ1) is 14.2. The lowest BCUT2D eigenvalue weighted by molar-refractivity contribution is -0.119. The molecule has 0 aromatic heterocycles. The van der Waals surface area contributed by atoms with Gasteiger partial charge in [0.15, 0.2) is 0 Å². The van der Waals surface area contributed by atoms with Crippen molar-refractivity contribution in [3.63, 3.8) is 0 Å². The number of carbonyl (C=O) groups excluding carboxylic acids is 1. The number of sulfonamides is 1. The summed E-state index contributed by atoms with van der Waals surface area (Å²) >= 11 is 11.9. The van der Waals surface area contributed by atoms with E-state index in [0.29, 0.717) is 6.61 Å². The summed E-state index contributed by atoms with van der Waals surface area (Å²) in [6, 6.07) is 11.5. The van der Waals surface area contributed by atoms with Crippen LogP contribution in [0.3, 0.4) is 0 Å². The molecule has 0 atom stereocenters. The Balaban J connectivity index is 1.99. The molecule has 2 aromatic carbocycles. The summed E-state index contributed by atoms with van der Waals surface area (Å²) in [6.07, 6.45) is 4.49. The Bertz CT molecular complexity index is 975. The fourth-order valence-electron chi connectivity index (χ4n) is 2.41. The van der Waals surface area contributed by atoms with Gasteiger partial charge in [-0.15, -0.1) is 0 Å². The molecule has 0 spiro atoms. The van der Waals surface area contributed by atoms with Gasteiger partial charge in [0, 0.05) is 10.0 Å². The molecule has 2 rings (SSSR count). The number of hydrogen-bond donors (Lipinski definition) is 1. The van der Waals surface area contributed by atoms with E-state index in [0.717, 1.165) is 34.7 Å². The van der Waals surface area contributed by atoms with Crippen LogP contribution in [0.15, 0.2) is 47.6 Å². The number of carbonyl (C=O) groups is 1. The van der Waals surface area contributed by atoms with Crippen LogP contribution in [0.2, 0.25) is 10.0 Å². The van der Waals surface area contributed by atoms with Crippen molar-refractivity contribution in [2.45, 2.75) is 19.8 Å². The van der Waals surface area contributed by atoms with Crippen LogP contribution in [0, 0.1) is 0 Å². The van der Waals surface area contributed by atoms with E-state index in [1.54, 1.807) is 12.1 Å². The summed E-state index contributed by atoms with van der Waals surface area (Å²) in [5.41, 5.74) is 3.25. The molecule has 7 nitrogen and oxygen atoms in total. The third kappa shape index (κ3) is 7.85. The number of benzene rings is 2. The Hall–Kier alpha value is -2.29. The van der Waals surface area contributed by atoms with Crippen molar-refractivity contribution < 1.29 is 17.9 Å². The van der Waals surface area contributed by atoms with E-state index in [2.05, 4.69) is 17.5 Å². The van der Waals surface area contributed by atoms with E-state index in [1.165, 1.54) is 24.4 Å². The van der Waals surface area contributed by atoms with Crippen molar-refractivity contribution in [3.05, 3.63) is 58.1 Å². The Morgan fingerprint density at radius 1 is 1.17 bits per heavy atom. The minimum absolute atomic E-state index is 0.188. The summed E-state index contributed by atoms with van der Waals surface area (Å²) in [4.78, 5) is 12.2. The zero-order valence-corrected chi connectivity index (χ0v) is 19.0. The number of hydrogen-bond acceptors (Lipinski definition) is 5. The van der Waals surface area contributed by atoms with Gasteiger partial charge in [0.25, 0.3) is 5.91 Å². The van der Waals surface area contributed by atoms with Crippen LogP contribution in [-0.4, -0.2) is 39.9 Å². The van der Waals surface area contributed by atoms with Crippen LogP contribution >= 0.6 is 23.2 Å². The quantitative estimate of drug-likeness (QED) is 0.321. The standard InChI is InChI=1S/C20H23Cl2N3O4S/c1-3-4-9-29-19-7-5-15(6-8-19)13-23-24-20(26)14-25(30(2,27)28)18-11-16(21)10-17(22)12-18/h5-8,10-13H,3-4,9,14H2,1-2H3,(H,24,26)/b23-13-. The van der Waals surface area contributed by atoms with Crippen molar-refractivity contribution in [2.75, 3.05) is 23.7 Å². The molecule has 0 aliphatic rings. The van der Waals surface area contributed by atoms with Gasteiger partial charge in [0.2, 0.25) is 10.0 Å². The number of anilines is 1. The normalized spacial score (nSPS) is 11.5. The Morgan fingerprint density at radius 3 is 2.37 bits per heavy atom. The molecule has 1 N–H and O–H groups in total. The SMILES string of the molecule is CCCCOc1ccc(/C=N\NC(=O)CN(c2cc(Cl)cc(Cl)c2)S(C)(=O)=O)cc1. The fraction of sp³-hybridized carbons (Fsp3) is 0.300. The molecular weight excluding hydrogens is 449 g/mol. The highest BCUT2D eigenvalue weighted by molar-refractivity contribution is 7.92. The zero-order valence-electron chi connectivity index (χ0n) is 16.6. The highest BCUT2D eigenvalue weighted by Gasteiger charge is 2.21. The summed E-state index contributed by atoms with van der Waals surface area (Å²) < 4.78 is 30.7. The molecule has 0 saturated heterocycles. The van der Waals surface area contributed by atoms with E-state index in [9.17, 15) is 13.2 Å². The van der Waals surface area contributed by atoms with Gasteiger partial charge in [0.1, 0.15) is 12.3 Å². The topological polar surface area (TPSA) is 88.1 Å². The number of hydrazone groups is 1. The van der Waals surface area contributed by atoms with Gasteiger partial charge in [0.05, 0.1) is 24.8 Å². The molecule has 0 fully saturated rings. The molecule has 2 aromatic rings. The maximum Gasteiger partial charge on any atom is 0.260 e. The lowest BCUT2D eigenvalue weighted by Gasteiger charge is -2.21. The molecule has 0 saturated carbocycles. The fourth-order valence-corrected chi connectivity index (χ4v) is 3.77. The van der Waals surface area contributed by atoms with Crippen LogP contribution < -0.4 is 14.5 Å². The maximum atomic E-state index is 12.2. The van der Waals surface area contributed by atoms with Crippen molar-refractivity contribution >= 4 is 51.0 Å². The van der Waals surface area contributed by atoms with E-state index in [1.807, 2.05) is 12.1 Å². The molecule has 10 heteroatoms.